The first kappa shape index (κ1) is 19.7. The van der Waals surface area contributed by atoms with Crippen LogP contribution < -0.4 is 4.74 Å². The third-order valence-electron chi connectivity index (χ3n) is 3.46. The maximum Gasteiger partial charge on any atom is 0.307 e. The minimum atomic E-state index is -0.319. The number of esters is 1. The van der Waals surface area contributed by atoms with E-state index in [0.29, 0.717) is 13.2 Å². The molecule has 0 atom stereocenters. The van der Waals surface area contributed by atoms with Crippen molar-refractivity contribution in [2.45, 2.75) is 39.7 Å². The van der Waals surface area contributed by atoms with Gasteiger partial charge in [0.05, 0.1) is 20.1 Å². The Hall–Kier alpha value is -2.30. The molecule has 0 saturated heterocycles. The molecule has 132 valence electrons. The van der Waals surface area contributed by atoms with Crippen LogP contribution in [0.5, 0.6) is 5.75 Å². The lowest BCUT2D eigenvalue weighted by Gasteiger charge is -2.25. The van der Waals surface area contributed by atoms with Crippen molar-refractivity contribution in [1.82, 2.24) is 4.90 Å². The Kier molecular flexibility index (Phi) is 8.61. The van der Waals surface area contributed by atoms with Crippen molar-refractivity contribution < 1.29 is 19.1 Å². The second-order valence-electron chi connectivity index (χ2n) is 5.70. The second-order valence-corrected chi connectivity index (χ2v) is 5.70. The van der Waals surface area contributed by atoms with Crippen molar-refractivity contribution in [1.29, 1.82) is 0 Å². The van der Waals surface area contributed by atoms with Gasteiger partial charge in [0.1, 0.15) is 5.75 Å². The molecule has 0 spiro atoms. The molecule has 24 heavy (non-hydrogen) atoms. The largest absolute Gasteiger partial charge is 0.494 e. The summed E-state index contributed by atoms with van der Waals surface area (Å²) >= 11 is 0. The summed E-state index contributed by atoms with van der Waals surface area (Å²) in [5.74, 6) is 0.377. The van der Waals surface area contributed by atoms with Gasteiger partial charge in [0.25, 0.3) is 0 Å². The molecule has 0 bridgehead atoms. The lowest BCUT2D eigenvalue weighted by Crippen LogP contribution is -2.37. The average Bonchev–Trinajstić information content (AvgIpc) is 2.58. The summed E-state index contributed by atoms with van der Waals surface area (Å²) in [4.78, 5) is 25.2. The van der Waals surface area contributed by atoms with Crippen LogP contribution in [0.1, 0.15) is 39.2 Å². The smallest absolute Gasteiger partial charge is 0.307 e. The molecule has 5 nitrogen and oxygen atoms in total. The molecule has 1 aromatic rings. The highest BCUT2D eigenvalue weighted by Gasteiger charge is 2.15. The van der Waals surface area contributed by atoms with Crippen LogP contribution >= 0.6 is 0 Å². The van der Waals surface area contributed by atoms with Crippen molar-refractivity contribution in [2.24, 2.45) is 0 Å². The van der Waals surface area contributed by atoms with Gasteiger partial charge in [-0.1, -0.05) is 19.1 Å². The molecule has 0 saturated carbocycles. The summed E-state index contributed by atoms with van der Waals surface area (Å²) in [6.07, 6.45) is 4.45. The van der Waals surface area contributed by atoms with Crippen LogP contribution in [0.2, 0.25) is 0 Å². The lowest BCUT2D eigenvalue weighted by atomic mass is 10.2. The van der Waals surface area contributed by atoms with E-state index in [0.717, 1.165) is 17.7 Å². The number of hydrogen-bond acceptors (Lipinski definition) is 4. The van der Waals surface area contributed by atoms with E-state index in [1.54, 1.807) is 11.0 Å². The van der Waals surface area contributed by atoms with Crippen molar-refractivity contribution in [3.05, 3.63) is 35.9 Å². The van der Waals surface area contributed by atoms with Crippen molar-refractivity contribution in [3.8, 4) is 5.75 Å². The van der Waals surface area contributed by atoms with Crippen LogP contribution in [-0.2, 0) is 14.3 Å². The minimum Gasteiger partial charge on any atom is -0.494 e. The van der Waals surface area contributed by atoms with Gasteiger partial charge in [-0.25, -0.2) is 0 Å². The summed E-state index contributed by atoms with van der Waals surface area (Å²) in [6, 6.07) is 7.59. The number of hydrogen-bond donors (Lipinski definition) is 0. The molecule has 0 N–H and O–H groups in total. The number of benzene rings is 1. The molecule has 0 aliphatic heterocycles. The third kappa shape index (κ3) is 6.86. The Balaban J connectivity index is 2.65. The van der Waals surface area contributed by atoms with Crippen molar-refractivity contribution >= 4 is 18.0 Å². The zero-order valence-electron chi connectivity index (χ0n) is 15.0. The fourth-order valence-electron chi connectivity index (χ4n) is 2.10. The molecule has 0 aliphatic carbocycles. The van der Waals surface area contributed by atoms with Gasteiger partial charge in [0.2, 0.25) is 5.91 Å². The minimum absolute atomic E-state index is 0.0108. The van der Waals surface area contributed by atoms with Gasteiger partial charge in [0.15, 0.2) is 0 Å². The quantitative estimate of drug-likeness (QED) is 0.514. The van der Waals surface area contributed by atoms with Gasteiger partial charge >= 0.3 is 5.97 Å². The SMILES string of the molecule is CCCOc1ccc(/C=C/C(=O)N(CCC(=O)OC)C(C)C)cc1. The summed E-state index contributed by atoms with van der Waals surface area (Å²) in [5, 5.41) is 0. The maximum atomic E-state index is 12.3. The van der Waals surface area contributed by atoms with Crippen LogP contribution in [0, 0.1) is 0 Å². The first-order chi connectivity index (χ1) is 11.5. The monoisotopic (exact) mass is 333 g/mol. The van der Waals surface area contributed by atoms with Gasteiger partial charge in [-0.05, 0) is 44.0 Å². The van der Waals surface area contributed by atoms with Crippen LogP contribution in [0.3, 0.4) is 0 Å². The Labute approximate surface area is 144 Å². The first-order valence-electron chi connectivity index (χ1n) is 8.26. The molecule has 1 rings (SSSR count). The maximum absolute atomic E-state index is 12.3. The molecular formula is C19H27NO4. The summed E-state index contributed by atoms with van der Waals surface area (Å²) in [7, 11) is 1.34. The molecule has 5 heteroatoms. The van der Waals surface area contributed by atoms with E-state index >= 15 is 0 Å². The molecule has 0 heterocycles. The van der Waals surface area contributed by atoms with Crippen LogP contribution in [-0.4, -0.2) is 43.1 Å². The number of amides is 1. The first-order valence-corrected chi connectivity index (χ1v) is 8.26. The predicted octanol–water partition coefficient (Wildman–Crippen LogP) is 3.29. The van der Waals surface area contributed by atoms with E-state index in [2.05, 4.69) is 11.7 Å². The summed E-state index contributed by atoms with van der Waals surface area (Å²) in [6.45, 7) is 6.93. The Morgan fingerprint density at radius 1 is 1.21 bits per heavy atom. The Bertz CT molecular complexity index is 549. The molecule has 0 aromatic heterocycles. The van der Waals surface area contributed by atoms with Gasteiger partial charge in [0, 0.05) is 18.7 Å². The van der Waals surface area contributed by atoms with E-state index < -0.39 is 0 Å². The van der Waals surface area contributed by atoms with E-state index in [4.69, 9.17) is 4.74 Å². The van der Waals surface area contributed by atoms with Gasteiger partial charge in [-0.15, -0.1) is 0 Å². The zero-order chi connectivity index (χ0) is 17.9. The van der Waals surface area contributed by atoms with Gasteiger partial charge in [-0.2, -0.15) is 0 Å². The zero-order valence-corrected chi connectivity index (χ0v) is 15.0. The number of rotatable bonds is 9. The number of nitrogens with zero attached hydrogens (tertiary/aromatic N) is 1. The molecule has 1 aromatic carbocycles. The molecular weight excluding hydrogens is 306 g/mol. The number of carbonyl (C=O) groups excluding carboxylic acids is 2. The molecule has 1 amide bonds. The molecule has 0 fully saturated rings. The highest BCUT2D eigenvalue weighted by atomic mass is 16.5. The van der Waals surface area contributed by atoms with Crippen molar-refractivity contribution in [2.75, 3.05) is 20.3 Å². The normalized spacial score (nSPS) is 10.9. The lowest BCUT2D eigenvalue weighted by molar-refractivity contribution is -0.141. The highest BCUT2D eigenvalue weighted by molar-refractivity contribution is 5.92. The molecule has 0 aliphatic rings. The Morgan fingerprint density at radius 2 is 1.88 bits per heavy atom. The highest BCUT2D eigenvalue weighted by Crippen LogP contribution is 2.14. The number of methoxy groups -OCH3 is 1. The summed E-state index contributed by atoms with van der Waals surface area (Å²) in [5.41, 5.74) is 0.920. The Morgan fingerprint density at radius 3 is 2.42 bits per heavy atom. The fourth-order valence-corrected chi connectivity index (χ4v) is 2.10. The second kappa shape index (κ2) is 10.5. The number of ether oxygens (including phenoxy) is 2. The standard InChI is InChI=1S/C19H27NO4/c1-5-14-24-17-9-6-16(7-10-17)8-11-18(21)20(15(2)3)13-12-19(22)23-4/h6-11,15H,5,12-14H2,1-4H3/b11-8+. The van der Waals surface area contributed by atoms with Gasteiger partial charge in [-0.3, -0.25) is 9.59 Å². The fraction of sp³-hybridized carbons (Fsp3) is 0.474. The number of carbonyl (C=O) groups is 2. The van der Waals surface area contributed by atoms with Crippen LogP contribution in [0.15, 0.2) is 30.3 Å². The molecule has 0 unspecified atom stereocenters. The summed E-state index contributed by atoms with van der Waals surface area (Å²) < 4.78 is 10.1. The van der Waals surface area contributed by atoms with Gasteiger partial charge < -0.3 is 14.4 Å². The van der Waals surface area contributed by atoms with Crippen LogP contribution in [0.4, 0.5) is 0 Å². The van der Waals surface area contributed by atoms with E-state index in [1.165, 1.54) is 13.2 Å². The van der Waals surface area contributed by atoms with Crippen LogP contribution in [0.25, 0.3) is 6.08 Å². The van der Waals surface area contributed by atoms with E-state index in [1.807, 2.05) is 38.1 Å². The molecule has 0 radical (unpaired) electrons. The average molecular weight is 333 g/mol. The predicted molar refractivity (Wildman–Crippen MR) is 94.7 cm³/mol. The van der Waals surface area contributed by atoms with E-state index in [-0.39, 0.29) is 24.3 Å². The van der Waals surface area contributed by atoms with Crippen molar-refractivity contribution in [3.63, 3.8) is 0 Å². The third-order valence-corrected chi connectivity index (χ3v) is 3.46. The topological polar surface area (TPSA) is 55.8 Å². The van der Waals surface area contributed by atoms with E-state index in [9.17, 15) is 9.59 Å².